The molecule has 0 aliphatic carbocycles. The van der Waals surface area contributed by atoms with Crippen LogP contribution in [0.4, 0.5) is 13.2 Å². The normalized spacial score (nSPS) is 16.0. The summed E-state index contributed by atoms with van der Waals surface area (Å²) in [5, 5.41) is 8.56. The van der Waals surface area contributed by atoms with Crippen LogP contribution in [0.1, 0.15) is 15.9 Å². The molecule has 0 saturated carbocycles. The molecule has 1 saturated heterocycles. The van der Waals surface area contributed by atoms with E-state index in [0.717, 1.165) is 18.5 Å². The minimum absolute atomic E-state index is 0.168. The summed E-state index contributed by atoms with van der Waals surface area (Å²) in [5.41, 5.74) is -1.47. The summed E-state index contributed by atoms with van der Waals surface area (Å²) >= 11 is 0. The first-order valence-electron chi connectivity index (χ1n) is 5.13. The molecule has 0 radical (unpaired) electrons. The van der Waals surface area contributed by atoms with Crippen molar-refractivity contribution in [1.29, 1.82) is 5.26 Å². The smallest absolute Gasteiger partial charge is 0.336 e. The predicted molar refractivity (Wildman–Crippen MR) is 54.2 cm³/mol. The summed E-state index contributed by atoms with van der Waals surface area (Å²) in [4.78, 5) is 16.6. The fourth-order valence-electron chi connectivity index (χ4n) is 1.71. The fourth-order valence-corrected chi connectivity index (χ4v) is 1.71. The molecule has 1 aromatic heterocycles. The molecule has 1 aliphatic rings. The van der Waals surface area contributed by atoms with E-state index in [4.69, 9.17) is 5.26 Å². The van der Waals surface area contributed by atoms with Gasteiger partial charge in [-0.3, -0.25) is 9.78 Å². The SMILES string of the molecule is N#CC1CN(C(=O)c2cnccc2C(F)(F)F)C1. The van der Waals surface area contributed by atoms with E-state index < -0.39 is 23.2 Å². The zero-order valence-corrected chi connectivity index (χ0v) is 9.11. The molecule has 1 amide bonds. The number of alkyl halides is 3. The summed E-state index contributed by atoms with van der Waals surface area (Å²) in [7, 11) is 0. The van der Waals surface area contributed by atoms with Crippen LogP contribution in [0, 0.1) is 17.2 Å². The van der Waals surface area contributed by atoms with Crippen LogP contribution in [0.5, 0.6) is 0 Å². The van der Waals surface area contributed by atoms with Crippen molar-refractivity contribution < 1.29 is 18.0 Å². The number of likely N-dealkylation sites (tertiary alicyclic amines) is 1. The zero-order valence-electron chi connectivity index (χ0n) is 9.11. The van der Waals surface area contributed by atoms with E-state index in [9.17, 15) is 18.0 Å². The number of aromatic nitrogens is 1. The van der Waals surface area contributed by atoms with Gasteiger partial charge in [-0.15, -0.1) is 0 Å². The molecule has 7 heteroatoms. The fraction of sp³-hybridized carbons (Fsp3) is 0.364. The lowest BCUT2D eigenvalue weighted by molar-refractivity contribution is -0.138. The molecule has 2 rings (SSSR count). The highest BCUT2D eigenvalue weighted by molar-refractivity contribution is 5.96. The molecule has 1 aromatic rings. The third-order valence-electron chi connectivity index (χ3n) is 2.71. The molecule has 0 unspecified atom stereocenters. The first kappa shape index (κ1) is 12.4. The van der Waals surface area contributed by atoms with E-state index in [0.29, 0.717) is 0 Å². The highest BCUT2D eigenvalue weighted by Gasteiger charge is 2.38. The summed E-state index contributed by atoms with van der Waals surface area (Å²) in [5.74, 6) is -1.03. The maximum Gasteiger partial charge on any atom is 0.417 e. The zero-order chi connectivity index (χ0) is 13.3. The van der Waals surface area contributed by atoms with Crippen molar-refractivity contribution in [3.63, 3.8) is 0 Å². The van der Waals surface area contributed by atoms with E-state index in [1.54, 1.807) is 0 Å². The van der Waals surface area contributed by atoms with Gasteiger partial charge in [0.05, 0.1) is 23.1 Å². The first-order valence-corrected chi connectivity index (χ1v) is 5.13. The highest BCUT2D eigenvalue weighted by Crippen LogP contribution is 2.32. The Hall–Kier alpha value is -2.10. The van der Waals surface area contributed by atoms with Gasteiger partial charge < -0.3 is 4.90 Å². The van der Waals surface area contributed by atoms with Gasteiger partial charge in [-0.1, -0.05) is 0 Å². The summed E-state index contributed by atoms with van der Waals surface area (Å²) < 4.78 is 38.1. The second kappa shape index (κ2) is 4.29. The Morgan fingerprint density at radius 3 is 2.72 bits per heavy atom. The number of pyridine rings is 1. The number of carbonyl (C=O) groups excluding carboxylic acids is 1. The number of halogens is 3. The number of amides is 1. The number of carbonyl (C=O) groups is 1. The third-order valence-corrected chi connectivity index (χ3v) is 2.71. The molecule has 4 nitrogen and oxygen atoms in total. The van der Waals surface area contributed by atoms with Crippen LogP contribution in [0.3, 0.4) is 0 Å². The lowest BCUT2D eigenvalue weighted by atomic mass is 9.99. The van der Waals surface area contributed by atoms with E-state index in [1.165, 1.54) is 4.90 Å². The monoisotopic (exact) mass is 255 g/mol. The van der Waals surface area contributed by atoms with Crippen LogP contribution in [0.15, 0.2) is 18.5 Å². The van der Waals surface area contributed by atoms with Crippen LogP contribution in [0.25, 0.3) is 0 Å². The van der Waals surface area contributed by atoms with Crippen molar-refractivity contribution in [2.75, 3.05) is 13.1 Å². The molecule has 94 valence electrons. The Bertz CT molecular complexity index is 515. The van der Waals surface area contributed by atoms with E-state index in [-0.39, 0.29) is 19.0 Å². The van der Waals surface area contributed by atoms with Gasteiger partial charge in [0.1, 0.15) is 0 Å². The Kier molecular flexibility index (Phi) is 2.95. The molecule has 0 bridgehead atoms. The quantitative estimate of drug-likeness (QED) is 0.767. The predicted octanol–water partition coefficient (Wildman–Crippen LogP) is 1.70. The highest BCUT2D eigenvalue weighted by atomic mass is 19.4. The van der Waals surface area contributed by atoms with Gasteiger partial charge in [-0.25, -0.2) is 0 Å². The maximum atomic E-state index is 12.7. The minimum Gasteiger partial charge on any atom is -0.336 e. The van der Waals surface area contributed by atoms with Crippen LogP contribution in [0.2, 0.25) is 0 Å². The minimum atomic E-state index is -4.59. The van der Waals surface area contributed by atoms with Gasteiger partial charge in [0.15, 0.2) is 0 Å². The Morgan fingerprint density at radius 2 is 2.17 bits per heavy atom. The lowest BCUT2D eigenvalue weighted by Gasteiger charge is -2.35. The van der Waals surface area contributed by atoms with Crippen molar-refractivity contribution in [2.45, 2.75) is 6.18 Å². The van der Waals surface area contributed by atoms with Crippen molar-refractivity contribution >= 4 is 5.91 Å². The van der Waals surface area contributed by atoms with Gasteiger partial charge in [0, 0.05) is 25.5 Å². The second-order valence-corrected chi connectivity index (χ2v) is 3.96. The van der Waals surface area contributed by atoms with Crippen LogP contribution < -0.4 is 0 Å². The number of hydrogen-bond acceptors (Lipinski definition) is 3. The Morgan fingerprint density at radius 1 is 1.50 bits per heavy atom. The van der Waals surface area contributed by atoms with Crippen molar-refractivity contribution in [3.8, 4) is 6.07 Å². The standard InChI is InChI=1S/C11H8F3N3O/c12-11(13,14)9-1-2-16-4-8(9)10(18)17-5-7(3-15)6-17/h1-2,4,7H,5-6H2. The summed E-state index contributed by atoms with van der Waals surface area (Å²) in [6.07, 6.45) is -2.69. The van der Waals surface area contributed by atoms with Gasteiger partial charge in [0.25, 0.3) is 5.91 Å². The summed E-state index contributed by atoms with van der Waals surface area (Å²) in [6, 6.07) is 2.72. The average molecular weight is 255 g/mol. The number of nitriles is 1. The van der Waals surface area contributed by atoms with E-state index in [1.807, 2.05) is 6.07 Å². The molecular weight excluding hydrogens is 247 g/mol. The largest absolute Gasteiger partial charge is 0.417 e. The molecule has 1 fully saturated rings. The van der Waals surface area contributed by atoms with E-state index >= 15 is 0 Å². The Labute approximate surface area is 101 Å². The van der Waals surface area contributed by atoms with Gasteiger partial charge in [-0.05, 0) is 6.07 Å². The molecule has 0 aromatic carbocycles. The maximum absolute atomic E-state index is 12.7. The lowest BCUT2D eigenvalue weighted by Crippen LogP contribution is -2.49. The van der Waals surface area contributed by atoms with Gasteiger partial charge >= 0.3 is 6.18 Å². The van der Waals surface area contributed by atoms with Crippen LogP contribution in [-0.2, 0) is 6.18 Å². The molecule has 0 atom stereocenters. The molecule has 0 N–H and O–H groups in total. The van der Waals surface area contributed by atoms with E-state index in [2.05, 4.69) is 4.98 Å². The van der Waals surface area contributed by atoms with Crippen molar-refractivity contribution in [2.24, 2.45) is 5.92 Å². The Balaban J connectivity index is 2.25. The van der Waals surface area contributed by atoms with Gasteiger partial charge in [-0.2, -0.15) is 18.4 Å². The molecule has 1 aliphatic heterocycles. The molecule has 2 heterocycles. The number of nitrogens with zero attached hydrogens (tertiary/aromatic N) is 3. The van der Waals surface area contributed by atoms with Crippen LogP contribution >= 0.6 is 0 Å². The van der Waals surface area contributed by atoms with Crippen molar-refractivity contribution in [3.05, 3.63) is 29.6 Å². The molecular formula is C11H8F3N3O. The average Bonchev–Trinajstić information content (AvgIpc) is 2.26. The van der Waals surface area contributed by atoms with Crippen molar-refractivity contribution in [1.82, 2.24) is 9.88 Å². The second-order valence-electron chi connectivity index (χ2n) is 3.96. The topological polar surface area (TPSA) is 57.0 Å². The third kappa shape index (κ3) is 2.14. The molecule has 18 heavy (non-hydrogen) atoms. The summed E-state index contributed by atoms with van der Waals surface area (Å²) in [6.45, 7) is 0.336. The van der Waals surface area contributed by atoms with Crippen LogP contribution in [-0.4, -0.2) is 28.9 Å². The number of rotatable bonds is 1. The number of hydrogen-bond donors (Lipinski definition) is 0. The molecule has 0 spiro atoms. The van der Waals surface area contributed by atoms with Gasteiger partial charge in [0.2, 0.25) is 0 Å². The first-order chi connectivity index (χ1) is 8.43.